The lowest BCUT2D eigenvalue weighted by molar-refractivity contribution is 0.296. The molecule has 0 aromatic carbocycles. The van der Waals surface area contributed by atoms with Gasteiger partial charge in [0.15, 0.2) is 11.5 Å². The minimum Gasteiger partial charge on any atom is -0.308 e. The molecule has 0 radical (unpaired) electrons. The van der Waals surface area contributed by atoms with Crippen molar-refractivity contribution < 1.29 is 0 Å². The van der Waals surface area contributed by atoms with E-state index in [2.05, 4.69) is 25.4 Å². The van der Waals surface area contributed by atoms with Gasteiger partial charge in [0.25, 0.3) is 0 Å². The Labute approximate surface area is 123 Å². The van der Waals surface area contributed by atoms with Crippen molar-refractivity contribution in [1.29, 1.82) is 0 Å². The monoisotopic (exact) mass is 287 g/mol. The van der Waals surface area contributed by atoms with Crippen molar-refractivity contribution in [2.24, 2.45) is 24.7 Å². The molecule has 2 aromatic rings. The van der Waals surface area contributed by atoms with E-state index >= 15 is 0 Å². The maximum atomic E-state index is 5.59. The fourth-order valence-electron chi connectivity index (χ4n) is 3.91. The molecule has 21 heavy (non-hydrogen) atoms. The predicted molar refractivity (Wildman–Crippen MR) is 80.2 cm³/mol. The molecule has 2 aromatic heterocycles. The number of aromatic nitrogens is 4. The Kier molecular flexibility index (Phi) is 3.04. The lowest BCUT2D eigenvalue weighted by Crippen LogP contribution is -2.23. The summed E-state index contributed by atoms with van der Waals surface area (Å²) in [5, 5.41) is 5.09. The lowest BCUT2D eigenvalue weighted by Gasteiger charge is -2.16. The van der Waals surface area contributed by atoms with Gasteiger partial charge in [-0.1, -0.05) is 6.42 Å². The number of fused-ring (bicyclic) bond motifs is 2. The molecule has 7 heteroatoms. The van der Waals surface area contributed by atoms with E-state index in [9.17, 15) is 0 Å². The normalized spacial score (nSPS) is 25.6. The van der Waals surface area contributed by atoms with E-state index < -0.39 is 0 Å². The van der Waals surface area contributed by atoms with E-state index in [1.165, 1.54) is 32.4 Å². The number of hydrogen-bond donors (Lipinski definition) is 2. The topological polar surface area (TPSA) is 84.9 Å². The predicted octanol–water partition coefficient (Wildman–Crippen LogP) is 0.881. The number of anilines is 1. The maximum Gasteiger partial charge on any atom is 0.163 e. The fraction of sp³-hybridized carbons (Fsp3) is 0.643. The molecule has 1 saturated carbocycles. The molecule has 1 saturated heterocycles. The molecule has 2 unspecified atom stereocenters. The van der Waals surface area contributed by atoms with Crippen LogP contribution in [0.2, 0.25) is 0 Å². The summed E-state index contributed by atoms with van der Waals surface area (Å²) < 4.78 is 1.76. The van der Waals surface area contributed by atoms with Gasteiger partial charge in [-0.15, -0.1) is 0 Å². The van der Waals surface area contributed by atoms with E-state index in [4.69, 9.17) is 5.84 Å². The molecule has 7 nitrogen and oxygen atoms in total. The summed E-state index contributed by atoms with van der Waals surface area (Å²) in [5.41, 5.74) is 3.49. The van der Waals surface area contributed by atoms with Gasteiger partial charge in [0, 0.05) is 20.1 Å². The van der Waals surface area contributed by atoms with Gasteiger partial charge in [0.05, 0.1) is 18.1 Å². The van der Waals surface area contributed by atoms with Crippen LogP contribution in [-0.2, 0) is 13.6 Å². The first-order valence-electron chi connectivity index (χ1n) is 7.62. The van der Waals surface area contributed by atoms with Crippen LogP contribution in [0.1, 0.15) is 25.1 Å². The van der Waals surface area contributed by atoms with Crippen LogP contribution >= 0.6 is 0 Å². The number of rotatable bonds is 3. The summed E-state index contributed by atoms with van der Waals surface area (Å²) in [6.45, 7) is 3.16. The summed E-state index contributed by atoms with van der Waals surface area (Å²) in [5.74, 6) is 8.83. The Bertz CT molecular complexity index is 653. The van der Waals surface area contributed by atoms with Crippen molar-refractivity contribution in [1.82, 2.24) is 24.6 Å². The highest BCUT2D eigenvalue weighted by molar-refractivity contribution is 5.86. The number of nitrogens with two attached hydrogens (primary N) is 1. The zero-order chi connectivity index (χ0) is 14.4. The third-order valence-corrected chi connectivity index (χ3v) is 4.94. The quantitative estimate of drug-likeness (QED) is 0.644. The van der Waals surface area contributed by atoms with Gasteiger partial charge in [-0.25, -0.2) is 15.8 Å². The van der Waals surface area contributed by atoms with E-state index in [-0.39, 0.29) is 0 Å². The Morgan fingerprint density at radius 2 is 2.05 bits per heavy atom. The van der Waals surface area contributed by atoms with Crippen LogP contribution in [0.5, 0.6) is 0 Å². The Morgan fingerprint density at radius 1 is 1.29 bits per heavy atom. The summed E-state index contributed by atoms with van der Waals surface area (Å²) in [7, 11) is 1.89. The molecule has 2 fully saturated rings. The van der Waals surface area contributed by atoms with Crippen LogP contribution in [0.25, 0.3) is 11.0 Å². The second kappa shape index (κ2) is 4.92. The highest BCUT2D eigenvalue weighted by Gasteiger charge is 2.36. The summed E-state index contributed by atoms with van der Waals surface area (Å²) in [4.78, 5) is 11.7. The van der Waals surface area contributed by atoms with Gasteiger partial charge in [-0.05, 0) is 24.7 Å². The number of nitrogen functional groups attached to an aromatic ring is 1. The van der Waals surface area contributed by atoms with Gasteiger partial charge in [-0.3, -0.25) is 9.58 Å². The van der Waals surface area contributed by atoms with Crippen molar-refractivity contribution in [2.75, 3.05) is 18.5 Å². The van der Waals surface area contributed by atoms with Gasteiger partial charge in [0.1, 0.15) is 5.82 Å². The number of aryl methyl sites for hydroxylation is 1. The molecule has 4 rings (SSSR count). The van der Waals surface area contributed by atoms with E-state index in [1.54, 1.807) is 10.9 Å². The van der Waals surface area contributed by atoms with E-state index in [0.717, 1.165) is 35.2 Å². The highest BCUT2D eigenvalue weighted by atomic mass is 15.3. The molecule has 1 aliphatic carbocycles. The third-order valence-electron chi connectivity index (χ3n) is 4.94. The maximum absolute atomic E-state index is 5.59. The molecule has 112 valence electrons. The smallest absolute Gasteiger partial charge is 0.163 e. The second-order valence-corrected chi connectivity index (χ2v) is 6.28. The van der Waals surface area contributed by atoms with Gasteiger partial charge in [0.2, 0.25) is 0 Å². The summed E-state index contributed by atoms with van der Waals surface area (Å²) >= 11 is 0. The molecule has 3 heterocycles. The summed E-state index contributed by atoms with van der Waals surface area (Å²) in [6.07, 6.45) is 5.92. The van der Waals surface area contributed by atoms with Crippen LogP contribution < -0.4 is 11.3 Å². The summed E-state index contributed by atoms with van der Waals surface area (Å²) in [6, 6.07) is 0. The van der Waals surface area contributed by atoms with E-state index in [1.807, 2.05) is 7.05 Å². The van der Waals surface area contributed by atoms with Crippen molar-refractivity contribution >= 4 is 16.9 Å². The second-order valence-electron chi connectivity index (χ2n) is 6.28. The van der Waals surface area contributed by atoms with Gasteiger partial charge >= 0.3 is 0 Å². The Balaban J connectivity index is 1.60. The standard InChI is InChI=1S/C14H21N7/c1-20-14-11(5-16-20)13(19-15)17-12(18-14)8-21-6-9-3-2-4-10(9)7-21/h5,9-10H,2-4,6-8,15H2,1H3,(H,17,18,19). The molecule has 3 N–H and O–H groups in total. The van der Waals surface area contributed by atoms with Crippen LogP contribution in [0, 0.1) is 11.8 Å². The first kappa shape index (κ1) is 13.0. The highest BCUT2D eigenvalue weighted by Crippen LogP contribution is 2.38. The number of hydrogen-bond acceptors (Lipinski definition) is 6. The first-order chi connectivity index (χ1) is 10.2. The molecule has 0 spiro atoms. The molecule has 0 bridgehead atoms. The van der Waals surface area contributed by atoms with Crippen LogP contribution in [0.3, 0.4) is 0 Å². The largest absolute Gasteiger partial charge is 0.308 e. The molecular weight excluding hydrogens is 266 g/mol. The average molecular weight is 287 g/mol. The van der Waals surface area contributed by atoms with Crippen molar-refractivity contribution in [3.8, 4) is 0 Å². The van der Waals surface area contributed by atoms with Crippen LogP contribution in [0.15, 0.2) is 6.20 Å². The average Bonchev–Trinajstić information content (AvgIpc) is 3.14. The van der Waals surface area contributed by atoms with Gasteiger partial charge < -0.3 is 5.43 Å². The first-order valence-corrected chi connectivity index (χ1v) is 7.62. The zero-order valence-electron chi connectivity index (χ0n) is 12.3. The number of hydrazine groups is 1. The van der Waals surface area contributed by atoms with E-state index in [0.29, 0.717) is 5.82 Å². The van der Waals surface area contributed by atoms with Crippen molar-refractivity contribution in [3.05, 3.63) is 12.0 Å². The van der Waals surface area contributed by atoms with Crippen LogP contribution in [0.4, 0.5) is 5.82 Å². The fourth-order valence-corrected chi connectivity index (χ4v) is 3.91. The molecule has 0 amide bonds. The minimum absolute atomic E-state index is 0.655. The zero-order valence-corrected chi connectivity index (χ0v) is 12.3. The van der Waals surface area contributed by atoms with Crippen molar-refractivity contribution in [2.45, 2.75) is 25.8 Å². The SMILES string of the molecule is Cn1ncc2c(NN)nc(CN3CC4CCCC4C3)nc21. The number of likely N-dealkylation sites (tertiary alicyclic amines) is 1. The molecule has 2 atom stereocenters. The Hall–Kier alpha value is -1.73. The van der Waals surface area contributed by atoms with Gasteiger partial charge in [-0.2, -0.15) is 5.10 Å². The lowest BCUT2D eigenvalue weighted by atomic mass is 10.0. The van der Waals surface area contributed by atoms with Crippen LogP contribution in [-0.4, -0.2) is 37.7 Å². The molecule has 2 aliphatic rings. The molecular formula is C14H21N7. The number of nitrogens with zero attached hydrogens (tertiary/aromatic N) is 5. The third kappa shape index (κ3) is 2.16. The Morgan fingerprint density at radius 3 is 2.76 bits per heavy atom. The molecule has 1 aliphatic heterocycles. The minimum atomic E-state index is 0.655. The van der Waals surface area contributed by atoms with Crippen molar-refractivity contribution in [3.63, 3.8) is 0 Å². The number of nitrogens with one attached hydrogen (secondary N) is 1.